The zero-order valence-corrected chi connectivity index (χ0v) is 20.8. The number of aromatic nitrogens is 2. The lowest BCUT2D eigenvalue weighted by atomic mass is 10.1. The third-order valence-corrected chi connectivity index (χ3v) is 6.13. The molecule has 0 radical (unpaired) electrons. The highest BCUT2D eigenvalue weighted by Gasteiger charge is 2.15. The zero-order chi connectivity index (χ0) is 24.9. The van der Waals surface area contributed by atoms with Crippen LogP contribution in [-0.4, -0.2) is 20.8 Å². The van der Waals surface area contributed by atoms with Crippen LogP contribution in [0.1, 0.15) is 43.1 Å². The van der Waals surface area contributed by atoms with Gasteiger partial charge in [-0.15, -0.1) is 0 Å². The van der Waals surface area contributed by atoms with E-state index in [9.17, 15) is 14.9 Å². The molecular formula is C26H23BrN4O4. The summed E-state index contributed by atoms with van der Waals surface area (Å²) in [5.41, 5.74) is 2.10. The lowest BCUT2D eigenvalue weighted by molar-refractivity contribution is -0.384. The smallest absolute Gasteiger partial charge is 0.282 e. The van der Waals surface area contributed by atoms with Crippen molar-refractivity contribution in [3.8, 4) is 5.75 Å². The molecule has 0 spiro atoms. The maximum Gasteiger partial charge on any atom is 0.282 e. The SMILES string of the molecule is CC[C@H](C)c1nc2ccc(Br)cc2c(=O)n1N=Cc1ccc(OCc2ccc([N+](=O)[O-])cc2)cc1. The van der Waals surface area contributed by atoms with Crippen LogP contribution in [0, 0.1) is 10.1 Å². The number of non-ortho nitro benzene ring substituents is 1. The van der Waals surface area contributed by atoms with Crippen LogP contribution in [0.5, 0.6) is 5.75 Å². The first-order valence-electron chi connectivity index (χ1n) is 11.1. The molecular weight excluding hydrogens is 512 g/mol. The van der Waals surface area contributed by atoms with E-state index in [-0.39, 0.29) is 23.8 Å². The average molecular weight is 535 g/mol. The molecule has 0 aliphatic heterocycles. The Kier molecular flexibility index (Phi) is 7.36. The molecule has 0 saturated heterocycles. The van der Waals surface area contributed by atoms with Crippen LogP contribution < -0.4 is 10.3 Å². The fraction of sp³-hybridized carbons (Fsp3) is 0.192. The Morgan fingerprint density at radius 3 is 2.51 bits per heavy atom. The van der Waals surface area contributed by atoms with Crippen LogP contribution in [0.2, 0.25) is 0 Å². The van der Waals surface area contributed by atoms with Crippen molar-refractivity contribution in [2.75, 3.05) is 0 Å². The summed E-state index contributed by atoms with van der Waals surface area (Å²) in [6.07, 6.45) is 2.45. The Hall–Kier alpha value is -3.85. The number of ether oxygens (including phenoxy) is 1. The van der Waals surface area contributed by atoms with Gasteiger partial charge in [-0.1, -0.05) is 29.8 Å². The normalized spacial score (nSPS) is 12.2. The monoisotopic (exact) mass is 534 g/mol. The fourth-order valence-corrected chi connectivity index (χ4v) is 3.80. The van der Waals surface area contributed by atoms with Crippen molar-refractivity contribution in [3.05, 3.63) is 109 Å². The van der Waals surface area contributed by atoms with Gasteiger partial charge in [0.25, 0.3) is 11.2 Å². The summed E-state index contributed by atoms with van der Waals surface area (Å²) in [4.78, 5) is 28.3. The van der Waals surface area contributed by atoms with E-state index in [0.29, 0.717) is 22.5 Å². The van der Waals surface area contributed by atoms with E-state index >= 15 is 0 Å². The number of hydrogen-bond donors (Lipinski definition) is 0. The van der Waals surface area contributed by atoms with Crippen molar-refractivity contribution < 1.29 is 9.66 Å². The van der Waals surface area contributed by atoms with Gasteiger partial charge in [0.15, 0.2) is 0 Å². The largest absolute Gasteiger partial charge is 0.489 e. The fourth-order valence-electron chi connectivity index (χ4n) is 3.43. The molecule has 1 atom stereocenters. The third-order valence-electron chi connectivity index (χ3n) is 5.64. The van der Waals surface area contributed by atoms with Gasteiger partial charge in [0.05, 0.1) is 22.0 Å². The molecule has 0 unspecified atom stereocenters. The van der Waals surface area contributed by atoms with Gasteiger partial charge in [-0.3, -0.25) is 14.9 Å². The number of fused-ring (bicyclic) bond motifs is 1. The predicted molar refractivity (Wildman–Crippen MR) is 139 cm³/mol. The van der Waals surface area contributed by atoms with E-state index in [1.165, 1.54) is 16.8 Å². The first-order valence-corrected chi connectivity index (χ1v) is 11.9. The minimum Gasteiger partial charge on any atom is -0.489 e. The van der Waals surface area contributed by atoms with Crippen LogP contribution in [0.4, 0.5) is 5.69 Å². The van der Waals surface area contributed by atoms with E-state index in [1.54, 1.807) is 36.5 Å². The van der Waals surface area contributed by atoms with Crippen molar-refractivity contribution in [2.45, 2.75) is 32.8 Å². The highest BCUT2D eigenvalue weighted by Crippen LogP contribution is 2.21. The molecule has 0 saturated carbocycles. The molecule has 0 N–H and O–H groups in total. The van der Waals surface area contributed by atoms with Gasteiger partial charge in [0.2, 0.25) is 0 Å². The van der Waals surface area contributed by atoms with Crippen molar-refractivity contribution in [3.63, 3.8) is 0 Å². The highest BCUT2D eigenvalue weighted by atomic mass is 79.9. The number of hydrogen-bond acceptors (Lipinski definition) is 6. The molecule has 0 amide bonds. The average Bonchev–Trinajstić information content (AvgIpc) is 2.87. The summed E-state index contributed by atoms with van der Waals surface area (Å²) in [6.45, 7) is 4.36. The Morgan fingerprint density at radius 2 is 1.86 bits per heavy atom. The third kappa shape index (κ3) is 5.63. The molecule has 1 heterocycles. The summed E-state index contributed by atoms with van der Waals surface area (Å²) >= 11 is 3.42. The molecule has 0 fully saturated rings. The summed E-state index contributed by atoms with van der Waals surface area (Å²) in [5.74, 6) is 1.32. The topological polar surface area (TPSA) is 99.6 Å². The summed E-state index contributed by atoms with van der Waals surface area (Å²) < 4.78 is 7.95. The van der Waals surface area contributed by atoms with Crippen LogP contribution in [0.25, 0.3) is 10.9 Å². The molecule has 8 nitrogen and oxygen atoms in total. The van der Waals surface area contributed by atoms with Crippen molar-refractivity contribution in [2.24, 2.45) is 5.10 Å². The number of rotatable bonds is 8. The summed E-state index contributed by atoms with van der Waals surface area (Å²) in [7, 11) is 0. The molecule has 4 aromatic rings. The second kappa shape index (κ2) is 10.6. The van der Waals surface area contributed by atoms with Gasteiger partial charge in [-0.05, 0) is 72.1 Å². The molecule has 0 aliphatic rings. The number of nitrogens with zero attached hydrogens (tertiary/aromatic N) is 4. The Bertz CT molecular complexity index is 1450. The molecule has 1 aromatic heterocycles. The van der Waals surface area contributed by atoms with Gasteiger partial charge in [0, 0.05) is 22.5 Å². The Balaban J connectivity index is 1.53. The van der Waals surface area contributed by atoms with E-state index < -0.39 is 4.92 Å². The number of nitro benzene ring substituents is 1. The Morgan fingerprint density at radius 1 is 1.14 bits per heavy atom. The standard InChI is InChI=1S/C26H23BrN4O4/c1-3-17(2)25-29-24-13-8-20(27)14-23(24)26(32)30(25)28-15-18-6-11-22(12-7-18)35-16-19-4-9-21(10-5-19)31(33)34/h4-15,17H,3,16H2,1-2H3/t17-/m0/s1. The van der Waals surface area contributed by atoms with Gasteiger partial charge in [-0.2, -0.15) is 9.78 Å². The van der Waals surface area contributed by atoms with Crippen molar-refractivity contribution in [1.29, 1.82) is 0 Å². The first kappa shape index (κ1) is 24.3. The molecule has 178 valence electrons. The summed E-state index contributed by atoms with van der Waals surface area (Å²) in [6, 6.07) is 19.0. The molecule has 0 bridgehead atoms. The number of halogens is 1. The first-order chi connectivity index (χ1) is 16.9. The van der Waals surface area contributed by atoms with E-state index in [0.717, 1.165) is 22.0 Å². The quantitative estimate of drug-likeness (QED) is 0.156. The molecule has 3 aromatic carbocycles. The van der Waals surface area contributed by atoms with Gasteiger partial charge in [0.1, 0.15) is 18.2 Å². The van der Waals surface area contributed by atoms with E-state index in [1.807, 2.05) is 38.1 Å². The highest BCUT2D eigenvalue weighted by molar-refractivity contribution is 9.10. The number of nitro groups is 1. The molecule has 9 heteroatoms. The van der Waals surface area contributed by atoms with Crippen molar-refractivity contribution in [1.82, 2.24) is 9.66 Å². The predicted octanol–water partition coefficient (Wildman–Crippen LogP) is 6.04. The van der Waals surface area contributed by atoms with Crippen LogP contribution >= 0.6 is 15.9 Å². The minimum atomic E-state index is -0.433. The lowest BCUT2D eigenvalue weighted by Gasteiger charge is -2.14. The van der Waals surface area contributed by atoms with Crippen LogP contribution in [0.15, 0.2) is 81.1 Å². The van der Waals surface area contributed by atoms with E-state index in [4.69, 9.17) is 9.72 Å². The second-order valence-electron chi connectivity index (χ2n) is 8.08. The van der Waals surface area contributed by atoms with Crippen LogP contribution in [-0.2, 0) is 6.61 Å². The molecule has 0 aliphatic carbocycles. The van der Waals surface area contributed by atoms with Gasteiger partial charge < -0.3 is 4.74 Å². The van der Waals surface area contributed by atoms with Gasteiger partial charge in [-0.25, -0.2) is 4.98 Å². The zero-order valence-electron chi connectivity index (χ0n) is 19.2. The van der Waals surface area contributed by atoms with Crippen LogP contribution in [0.3, 0.4) is 0 Å². The lowest BCUT2D eigenvalue weighted by Crippen LogP contribution is -2.23. The maximum absolute atomic E-state index is 13.2. The second-order valence-corrected chi connectivity index (χ2v) is 9.00. The van der Waals surface area contributed by atoms with Gasteiger partial charge >= 0.3 is 0 Å². The maximum atomic E-state index is 13.2. The number of benzene rings is 3. The Labute approximate surface area is 210 Å². The minimum absolute atomic E-state index is 0.0437. The molecule has 35 heavy (non-hydrogen) atoms. The van der Waals surface area contributed by atoms with Crippen molar-refractivity contribution >= 4 is 38.7 Å². The summed E-state index contributed by atoms with van der Waals surface area (Å²) in [5, 5.41) is 15.7. The molecule has 4 rings (SSSR count). The van der Waals surface area contributed by atoms with E-state index in [2.05, 4.69) is 21.0 Å².